The fourth-order valence-corrected chi connectivity index (χ4v) is 2.05. The van der Waals surface area contributed by atoms with E-state index in [-0.39, 0.29) is 12.5 Å². The summed E-state index contributed by atoms with van der Waals surface area (Å²) in [7, 11) is 0. The molecule has 0 bridgehead atoms. The van der Waals surface area contributed by atoms with Crippen molar-refractivity contribution in [3.8, 4) is 0 Å². The Bertz CT molecular complexity index is 587. The standard InChI is InChI=1S/C14H13BrN2O2/c15-13-4-2-1-3-11(13)8-17-14(19)10-5-6-16-12(7-10)9-18/h1-7,18H,8-9H2,(H,17,19). The van der Waals surface area contributed by atoms with E-state index in [9.17, 15) is 4.79 Å². The average Bonchev–Trinajstić information content (AvgIpc) is 2.46. The van der Waals surface area contributed by atoms with Crippen LogP contribution in [0.1, 0.15) is 21.6 Å². The molecular weight excluding hydrogens is 308 g/mol. The Kier molecular flexibility index (Phi) is 4.65. The lowest BCUT2D eigenvalue weighted by molar-refractivity contribution is 0.0950. The summed E-state index contributed by atoms with van der Waals surface area (Å²) in [5.41, 5.74) is 1.98. The van der Waals surface area contributed by atoms with Gasteiger partial charge >= 0.3 is 0 Å². The topological polar surface area (TPSA) is 62.2 Å². The molecule has 0 aliphatic heterocycles. The third-order valence-electron chi connectivity index (χ3n) is 2.64. The zero-order valence-electron chi connectivity index (χ0n) is 10.1. The maximum Gasteiger partial charge on any atom is 0.251 e. The largest absolute Gasteiger partial charge is 0.390 e. The Labute approximate surface area is 119 Å². The summed E-state index contributed by atoms with van der Waals surface area (Å²) in [5, 5.41) is 11.8. The van der Waals surface area contributed by atoms with Crippen LogP contribution in [0.2, 0.25) is 0 Å². The Morgan fingerprint density at radius 1 is 1.32 bits per heavy atom. The van der Waals surface area contributed by atoms with Crippen molar-refractivity contribution >= 4 is 21.8 Å². The number of nitrogens with one attached hydrogen (secondary N) is 1. The first-order valence-corrected chi connectivity index (χ1v) is 6.57. The van der Waals surface area contributed by atoms with Gasteiger partial charge in [0.05, 0.1) is 12.3 Å². The lowest BCUT2D eigenvalue weighted by atomic mass is 10.2. The van der Waals surface area contributed by atoms with Crippen molar-refractivity contribution < 1.29 is 9.90 Å². The molecule has 0 spiro atoms. The van der Waals surface area contributed by atoms with Gasteiger partial charge in [0.1, 0.15) is 0 Å². The number of carbonyl (C=O) groups is 1. The molecule has 0 aliphatic carbocycles. The predicted molar refractivity (Wildman–Crippen MR) is 75.5 cm³/mol. The van der Waals surface area contributed by atoms with E-state index in [0.29, 0.717) is 17.8 Å². The molecule has 0 saturated heterocycles. The number of nitrogens with zero attached hydrogens (tertiary/aromatic N) is 1. The Balaban J connectivity index is 2.03. The normalized spacial score (nSPS) is 10.2. The molecule has 1 aromatic carbocycles. The fourth-order valence-electron chi connectivity index (χ4n) is 1.63. The molecule has 2 aromatic rings. The SMILES string of the molecule is O=C(NCc1ccccc1Br)c1ccnc(CO)c1. The zero-order valence-corrected chi connectivity index (χ0v) is 11.7. The summed E-state index contributed by atoms with van der Waals surface area (Å²) < 4.78 is 0.959. The quantitative estimate of drug-likeness (QED) is 0.908. The highest BCUT2D eigenvalue weighted by molar-refractivity contribution is 9.10. The molecular formula is C14H13BrN2O2. The lowest BCUT2D eigenvalue weighted by Crippen LogP contribution is -2.23. The molecule has 4 nitrogen and oxygen atoms in total. The number of aromatic nitrogens is 1. The molecule has 0 unspecified atom stereocenters. The number of carbonyl (C=O) groups excluding carboxylic acids is 1. The number of hydrogen-bond acceptors (Lipinski definition) is 3. The smallest absolute Gasteiger partial charge is 0.251 e. The van der Waals surface area contributed by atoms with Crippen LogP contribution < -0.4 is 5.32 Å². The minimum atomic E-state index is -0.187. The number of benzene rings is 1. The third kappa shape index (κ3) is 3.62. The second-order valence-corrected chi connectivity index (χ2v) is 4.82. The molecule has 0 fully saturated rings. The van der Waals surface area contributed by atoms with Crippen LogP contribution in [0.4, 0.5) is 0 Å². The highest BCUT2D eigenvalue weighted by Crippen LogP contribution is 2.15. The molecule has 0 atom stereocenters. The van der Waals surface area contributed by atoms with E-state index in [1.54, 1.807) is 12.1 Å². The van der Waals surface area contributed by atoms with E-state index in [1.165, 1.54) is 6.20 Å². The maximum atomic E-state index is 12.0. The summed E-state index contributed by atoms with van der Waals surface area (Å²) >= 11 is 3.43. The van der Waals surface area contributed by atoms with Crippen LogP contribution in [0.25, 0.3) is 0 Å². The molecule has 0 aliphatic rings. The molecule has 5 heteroatoms. The van der Waals surface area contributed by atoms with Crippen LogP contribution >= 0.6 is 15.9 Å². The van der Waals surface area contributed by atoms with Crippen molar-refractivity contribution in [3.63, 3.8) is 0 Å². The van der Waals surface area contributed by atoms with Crippen molar-refractivity contribution in [2.24, 2.45) is 0 Å². The molecule has 2 N–H and O–H groups in total. The van der Waals surface area contributed by atoms with Gasteiger partial charge in [-0.1, -0.05) is 34.1 Å². The summed E-state index contributed by atoms with van der Waals surface area (Å²) in [6.07, 6.45) is 1.51. The molecule has 2 rings (SSSR count). The summed E-state index contributed by atoms with van der Waals surface area (Å²) in [4.78, 5) is 15.9. The molecule has 0 radical (unpaired) electrons. The van der Waals surface area contributed by atoms with Crippen molar-refractivity contribution in [1.82, 2.24) is 10.3 Å². The Hall–Kier alpha value is -1.72. The predicted octanol–water partition coefficient (Wildman–Crippen LogP) is 2.27. The Morgan fingerprint density at radius 2 is 2.11 bits per heavy atom. The van der Waals surface area contributed by atoms with E-state index in [4.69, 9.17) is 5.11 Å². The van der Waals surface area contributed by atoms with E-state index in [2.05, 4.69) is 26.2 Å². The number of hydrogen-bond donors (Lipinski definition) is 2. The fraction of sp³-hybridized carbons (Fsp3) is 0.143. The van der Waals surface area contributed by atoms with Crippen molar-refractivity contribution in [2.75, 3.05) is 0 Å². The Morgan fingerprint density at radius 3 is 2.84 bits per heavy atom. The molecule has 19 heavy (non-hydrogen) atoms. The number of aliphatic hydroxyl groups excluding tert-OH is 1. The van der Waals surface area contributed by atoms with E-state index >= 15 is 0 Å². The number of pyridine rings is 1. The van der Waals surface area contributed by atoms with Gasteiger partial charge < -0.3 is 10.4 Å². The van der Waals surface area contributed by atoms with Crippen molar-refractivity contribution in [1.29, 1.82) is 0 Å². The first-order valence-electron chi connectivity index (χ1n) is 5.78. The van der Waals surface area contributed by atoms with Crippen LogP contribution in [-0.2, 0) is 13.2 Å². The maximum absolute atomic E-state index is 12.0. The van der Waals surface area contributed by atoms with Gasteiger partial charge in [0, 0.05) is 22.8 Å². The van der Waals surface area contributed by atoms with Gasteiger partial charge in [-0.2, -0.15) is 0 Å². The first kappa shape index (κ1) is 13.7. The lowest BCUT2D eigenvalue weighted by Gasteiger charge is -2.07. The minimum Gasteiger partial charge on any atom is -0.390 e. The van der Waals surface area contributed by atoms with Crippen LogP contribution in [0, 0.1) is 0 Å². The number of halogens is 1. The highest BCUT2D eigenvalue weighted by atomic mass is 79.9. The van der Waals surface area contributed by atoms with Gasteiger partial charge in [0.15, 0.2) is 0 Å². The van der Waals surface area contributed by atoms with Crippen LogP contribution in [-0.4, -0.2) is 16.0 Å². The summed E-state index contributed by atoms with van der Waals surface area (Å²) in [5.74, 6) is -0.187. The van der Waals surface area contributed by atoms with Gasteiger partial charge in [-0.3, -0.25) is 9.78 Å². The van der Waals surface area contributed by atoms with Crippen molar-refractivity contribution in [3.05, 3.63) is 63.9 Å². The van der Waals surface area contributed by atoms with Crippen LogP contribution in [0.5, 0.6) is 0 Å². The molecule has 1 amide bonds. The van der Waals surface area contributed by atoms with Gasteiger partial charge in [-0.25, -0.2) is 0 Å². The van der Waals surface area contributed by atoms with E-state index < -0.39 is 0 Å². The second-order valence-electron chi connectivity index (χ2n) is 3.97. The van der Waals surface area contributed by atoms with E-state index in [0.717, 1.165) is 10.0 Å². The number of rotatable bonds is 4. The highest BCUT2D eigenvalue weighted by Gasteiger charge is 2.07. The summed E-state index contributed by atoms with van der Waals surface area (Å²) in [6.45, 7) is 0.266. The first-order chi connectivity index (χ1) is 9.20. The molecule has 1 heterocycles. The van der Waals surface area contributed by atoms with Gasteiger partial charge in [-0.05, 0) is 23.8 Å². The molecule has 1 aromatic heterocycles. The monoisotopic (exact) mass is 320 g/mol. The summed E-state index contributed by atoms with van der Waals surface area (Å²) in [6, 6.07) is 10.9. The van der Waals surface area contributed by atoms with Crippen molar-refractivity contribution in [2.45, 2.75) is 13.2 Å². The van der Waals surface area contributed by atoms with E-state index in [1.807, 2.05) is 24.3 Å². The van der Waals surface area contributed by atoms with Gasteiger partial charge in [-0.15, -0.1) is 0 Å². The van der Waals surface area contributed by atoms with Gasteiger partial charge in [0.25, 0.3) is 5.91 Å². The van der Waals surface area contributed by atoms with Crippen LogP contribution in [0.3, 0.4) is 0 Å². The third-order valence-corrected chi connectivity index (χ3v) is 3.41. The minimum absolute atomic E-state index is 0.175. The molecule has 98 valence electrons. The van der Waals surface area contributed by atoms with Gasteiger partial charge in [0.2, 0.25) is 0 Å². The zero-order chi connectivity index (χ0) is 13.7. The van der Waals surface area contributed by atoms with Crippen LogP contribution in [0.15, 0.2) is 47.1 Å². The second kappa shape index (κ2) is 6.45. The number of aliphatic hydroxyl groups is 1. The average molecular weight is 321 g/mol. The number of amides is 1. The molecule has 0 saturated carbocycles.